The summed E-state index contributed by atoms with van der Waals surface area (Å²) in [6.45, 7) is 4.04. The van der Waals surface area contributed by atoms with E-state index in [4.69, 9.17) is 4.52 Å². The molecule has 3 rings (SSSR count). The van der Waals surface area contributed by atoms with Crippen molar-refractivity contribution in [2.75, 3.05) is 13.1 Å². The third kappa shape index (κ3) is 2.22. The molecule has 0 bridgehead atoms. The van der Waals surface area contributed by atoms with Gasteiger partial charge in [-0.2, -0.15) is 4.98 Å². The number of piperidine rings is 1. The lowest BCUT2D eigenvalue weighted by molar-refractivity contribution is 0.216. The van der Waals surface area contributed by atoms with Crippen molar-refractivity contribution in [1.29, 1.82) is 0 Å². The van der Waals surface area contributed by atoms with E-state index in [0.717, 1.165) is 32.4 Å². The van der Waals surface area contributed by atoms with Crippen LogP contribution in [0.4, 0.5) is 4.39 Å². The van der Waals surface area contributed by atoms with Crippen molar-refractivity contribution in [3.63, 3.8) is 0 Å². The van der Waals surface area contributed by atoms with Gasteiger partial charge in [-0.25, -0.2) is 4.39 Å². The maximum absolute atomic E-state index is 13.8. The van der Waals surface area contributed by atoms with Crippen molar-refractivity contribution >= 4 is 0 Å². The summed E-state index contributed by atoms with van der Waals surface area (Å²) < 4.78 is 19.2. The van der Waals surface area contributed by atoms with E-state index in [-0.39, 0.29) is 11.2 Å². The fraction of sp³-hybridized carbons (Fsp3) is 0.467. The third-order valence-corrected chi connectivity index (χ3v) is 4.23. The third-order valence-electron chi connectivity index (χ3n) is 4.23. The average molecular weight is 275 g/mol. The molecule has 0 aliphatic carbocycles. The Morgan fingerprint density at radius 3 is 2.75 bits per heavy atom. The molecule has 2 aromatic rings. The summed E-state index contributed by atoms with van der Waals surface area (Å²) in [7, 11) is 0. The highest BCUT2D eigenvalue weighted by Crippen LogP contribution is 2.36. The van der Waals surface area contributed by atoms with Crippen LogP contribution in [0.1, 0.15) is 32.1 Å². The molecule has 1 N–H and O–H groups in total. The van der Waals surface area contributed by atoms with E-state index in [9.17, 15) is 4.39 Å². The SMILES string of the molecule is CCC1(c2nc(-c3ccccc3F)no2)CCNCC1. The summed E-state index contributed by atoms with van der Waals surface area (Å²) in [6.07, 6.45) is 2.90. The molecule has 0 radical (unpaired) electrons. The predicted octanol–water partition coefficient (Wildman–Crippen LogP) is 2.91. The molecule has 5 heteroatoms. The zero-order valence-electron chi connectivity index (χ0n) is 11.5. The quantitative estimate of drug-likeness (QED) is 0.935. The standard InChI is InChI=1S/C15H18FN3O/c1-2-15(7-9-17-10-8-15)14-18-13(19-20-14)11-5-3-4-6-12(11)16/h3-6,17H,2,7-10H2,1H3. The van der Waals surface area contributed by atoms with E-state index in [1.54, 1.807) is 18.2 Å². The lowest BCUT2D eigenvalue weighted by Crippen LogP contribution is -2.39. The fourth-order valence-electron chi connectivity index (χ4n) is 2.81. The first-order valence-electron chi connectivity index (χ1n) is 7.05. The van der Waals surface area contributed by atoms with Crippen LogP contribution in [0.2, 0.25) is 0 Å². The van der Waals surface area contributed by atoms with Crippen LogP contribution in [0.15, 0.2) is 28.8 Å². The Kier molecular flexibility index (Phi) is 3.53. The molecule has 4 nitrogen and oxygen atoms in total. The number of nitrogens with zero attached hydrogens (tertiary/aromatic N) is 2. The van der Waals surface area contributed by atoms with Gasteiger partial charge in [-0.1, -0.05) is 24.2 Å². The second-order valence-electron chi connectivity index (χ2n) is 5.29. The molecule has 1 aromatic heterocycles. The Labute approximate surface area is 117 Å². The second kappa shape index (κ2) is 5.32. The Hall–Kier alpha value is -1.75. The first kappa shape index (κ1) is 13.2. The van der Waals surface area contributed by atoms with Gasteiger partial charge in [-0.15, -0.1) is 0 Å². The summed E-state index contributed by atoms with van der Waals surface area (Å²) in [4.78, 5) is 4.46. The molecule has 0 unspecified atom stereocenters. The van der Waals surface area contributed by atoms with E-state index < -0.39 is 0 Å². The number of aromatic nitrogens is 2. The molecule has 0 amide bonds. The highest BCUT2D eigenvalue weighted by atomic mass is 19.1. The minimum Gasteiger partial charge on any atom is -0.338 e. The van der Waals surface area contributed by atoms with Gasteiger partial charge in [0, 0.05) is 0 Å². The van der Waals surface area contributed by atoms with Gasteiger partial charge in [0.25, 0.3) is 0 Å². The van der Waals surface area contributed by atoms with Crippen molar-refractivity contribution in [2.45, 2.75) is 31.6 Å². The molecule has 0 atom stereocenters. The van der Waals surface area contributed by atoms with Crippen LogP contribution in [-0.2, 0) is 5.41 Å². The van der Waals surface area contributed by atoms with Gasteiger partial charge in [0.2, 0.25) is 11.7 Å². The zero-order chi connectivity index (χ0) is 14.0. The number of nitrogens with one attached hydrogen (secondary N) is 1. The van der Waals surface area contributed by atoms with Crippen molar-refractivity contribution < 1.29 is 8.91 Å². The minimum absolute atomic E-state index is 0.0677. The van der Waals surface area contributed by atoms with Crippen molar-refractivity contribution in [3.05, 3.63) is 36.0 Å². The number of halogens is 1. The molecule has 1 aliphatic heterocycles. The Morgan fingerprint density at radius 2 is 2.05 bits per heavy atom. The van der Waals surface area contributed by atoms with Gasteiger partial charge in [-0.05, 0) is 44.5 Å². The van der Waals surface area contributed by atoms with E-state index in [1.807, 2.05) is 0 Å². The molecular formula is C15H18FN3O. The smallest absolute Gasteiger partial charge is 0.233 e. The van der Waals surface area contributed by atoms with Crippen LogP contribution in [0.3, 0.4) is 0 Å². The average Bonchev–Trinajstić information content (AvgIpc) is 2.98. The molecule has 0 spiro atoms. The van der Waals surface area contributed by atoms with Crippen LogP contribution < -0.4 is 5.32 Å². The van der Waals surface area contributed by atoms with Crippen LogP contribution in [0.25, 0.3) is 11.4 Å². The summed E-state index contributed by atoms with van der Waals surface area (Å²) in [5.41, 5.74) is 0.324. The monoisotopic (exact) mass is 275 g/mol. The Balaban J connectivity index is 1.95. The molecular weight excluding hydrogens is 257 g/mol. The zero-order valence-corrected chi connectivity index (χ0v) is 11.5. The molecule has 1 aromatic carbocycles. The second-order valence-corrected chi connectivity index (χ2v) is 5.29. The van der Waals surface area contributed by atoms with E-state index >= 15 is 0 Å². The van der Waals surface area contributed by atoms with E-state index in [1.165, 1.54) is 6.07 Å². The van der Waals surface area contributed by atoms with E-state index in [0.29, 0.717) is 17.3 Å². The van der Waals surface area contributed by atoms with Crippen molar-refractivity contribution in [1.82, 2.24) is 15.5 Å². The van der Waals surface area contributed by atoms with Gasteiger partial charge in [-0.3, -0.25) is 0 Å². The topological polar surface area (TPSA) is 51.0 Å². The lowest BCUT2D eigenvalue weighted by Gasteiger charge is -2.33. The van der Waals surface area contributed by atoms with E-state index in [2.05, 4.69) is 22.4 Å². The first-order valence-corrected chi connectivity index (χ1v) is 7.05. The first-order chi connectivity index (χ1) is 9.75. The van der Waals surface area contributed by atoms with Crippen molar-refractivity contribution in [3.8, 4) is 11.4 Å². The predicted molar refractivity (Wildman–Crippen MR) is 73.8 cm³/mol. The molecule has 106 valence electrons. The summed E-state index contributed by atoms with van der Waals surface area (Å²) in [5, 5.41) is 7.31. The van der Waals surface area contributed by atoms with Gasteiger partial charge in [0.15, 0.2) is 0 Å². The molecule has 1 fully saturated rings. The van der Waals surface area contributed by atoms with Gasteiger partial charge in [0.1, 0.15) is 5.82 Å². The largest absolute Gasteiger partial charge is 0.338 e. The van der Waals surface area contributed by atoms with Crippen LogP contribution in [0.5, 0.6) is 0 Å². The highest BCUT2D eigenvalue weighted by molar-refractivity contribution is 5.54. The summed E-state index contributed by atoms with van der Waals surface area (Å²) >= 11 is 0. The van der Waals surface area contributed by atoms with Gasteiger partial charge >= 0.3 is 0 Å². The number of hydrogen-bond donors (Lipinski definition) is 1. The molecule has 0 saturated carbocycles. The summed E-state index contributed by atoms with van der Waals surface area (Å²) in [5.74, 6) is 0.653. The fourth-order valence-corrected chi connectivity index (χ4v) is 2.81. The lowest BCUT2D eigenvalue weighted by atomic mass is 9.76. The normalized spacial score (nSPS) is 18.1. The van der Waals surface area contributed by atoms with Crippen LogP contribution in [-0.4, -0.2) is 23.2 Å². The number of benzene rings is 1. The maximum Gasteiger partial charge on any atom is 0.233 e. The molecule has 1 saturated heterocycles. The summed E-state index contributed by atoms with van der Waals surface area (Å²) in [6, 6.07) is 6.51. The molecule has 20 heavy (non-hydrogen) atoms. The van der Waals surface area contributed by atoms with Crippen molar-refractivity contribution in [2.24, 2.45) is 0 Å². The van der Waals surface area contributed by atoms with Crippen LogP contribution >= 0.6 is 0 Å². The molecule has 1 aliphatic rings. The van der Waals surface area contributed by atoms with Gasteiger partial charge < -0.3 is 9.84 Å². The number of hydrogen-bond acceptors (Lipinski definition) is 4. The Morgan fingerprint density at radius 1 is 1.30 bits per heavy atom. The Bertz CT molecular complexity index is 590. The number of rotatable bonds is 3. The minimum atomic E-state index is -0.323. The van der Waals surface area contributed by atoms with Crippen LogP contribution in [0, 0.1) is 5.82 Å². The molecule has 2 heterocycles. The van der Waals surface area contributed by atoms with Gasteiger partial charge in [0.05, 0.1) is 11.0 Å². The maximum atomic E-state index is 13.8. The highest BCUT2D eigenvalue weighted by Gasteiger charge is 2.37.